The molecular weight excluding hydrogens is 180 g/mol. The van der Waals surface area contributed by atoms with Gasteiger partial charge in [-0.15, -0.1) is 5.10 Å². The average Bonchev–Trinajstić information content (AvgIpc) is 2.52. The van der Waals surface area contributed by atoms with Crippen LogP contribution in [0, 0.1) is 5.92 Å². The van der Waals surface area contributed by atoms with E-state index in [0.717, 1.165) is 0 Å². The smallest absolute Gasteiger partial charge is 0.264 e. The highest BCUT2D eigenvalue weighted by Gasteiger charge is 2.21. The summed E-state index contributed by atoms with van der Waals surface area (Å²) in [4.78, 5) is 11.8. The van der Waals surface area contributed by atoms with Gasteiger partial charge in [0.15, 0.2) is 0 Å². The third-order valence-corrected chi connectivity index (χ3v) is 2.08. The van der Waals surface area contributed by atoms with E-state index in [1.54, 1.807) is 19.3 Å². The maximum atomic E-state index is 11.8. The molecule has 0 aliphatic carbocycles. The van der Waals surface area contributed by atoms with Crippen LogP contribution in [-0.4, -0.2) is 28.8 Å². The number of carbonyl (C=O) groups is 1. The lowest BCUT2D eigenvalue weighted by atomic mass is 10.0. The first kappa shape index (κ1) is 10.7. The van der Waals surface area contributed by atoms with Gasteiger partial charge in [-0.3, -0.25) is 4.79 Å². The first-order valence-electron chi connectivity index (χ1n) is 4.59. The van der Waals surface area contributed by atoms with E-state index >= 15 is 0 Å². The third kappa shape index (κ3) is 2.11. The Morgan fingerprint density at radius 2 is 2.29 bits per heavy atom. The lowest BCUT2D eigenvalue weighted by Crippen LogP contribution is -2.41. The quantitative estimate of drug-likeness (QED) is 0.731. The molecule has 1 aromatic heterocycles. The molecule has 0 amide bonds. The normalized spacial score (nSPS) is 13.1. The fourth-order valence-electron chi connectivity index (χ4n) is 1.35. The molecule has 1 aromatic rings. The highest BCUT2D eigenvalue weighted by Crippen LogP contribution is 2.05. The number of likely N-dealkylation sites (N-methyl/N-ethyl adjacent to an activating group) is 1. The van der Waals surface area contributed by atoms with Crippen LogP contribution in [-0.2, 0) is 0 Å². The predicted octanol–water partition coefficient (Wildman–Crippen LogP) is 0.349. The van der Waals surface area contributed by atoms with Crippen molar-refractivity contribution in [3.63, 3.8) is 0 Å². The van der Waals surface area contributed by atoms with E-state index in [1.807, 2.05) is 13.8 Å². The van der Waals surface area contributed by atoms with Gasteiger partial charge in [0, 0.05) is 12.3 Å². The van der Waals surface area contributed by atoms with Crippen molar-refractivity contribution in [2.45, 2.75) is 19.9 Å². The SMILES string of the molecule is CNC(C(=O)n1ccc(N)n1)C(C)C. The second kappa shape index (κ2) is 4.23. The molecule has 5 heteroatoms. The van der Waals surface area contributed by atoms with Crippen molar-refractivity contribution in [2.75, 3.05) is 12.8 Å². The molecule has 14 heavy (non-hydrogen) atoms. The summed E-state index contributed by atoms with van der Waals surface area (Å²) in [5.41, 5.74) is 5.43. The van der Waals surface area contributed by atoms with Crippen molar-refractivity contribution in [3.05, 3.63) is 12.3 Å². The van der Waals surface area contributed by atoms with Crippen molar-refractivity contribution in [1.29, 1.82) is 0 Å². The Kier molecular flexibility index (Phi) is 3.24. The average molecular weight is 196 g/mol. The zero-order chi connectivity index (χ0) is 10.7. The first-order chi connectivity index (χ1) is 6.56. The van der Waals surface area contributed by atoms with E-state index in [9.17, 15) is 4.79 Å². The Labute approximate surface area is 83.3 Å². The second-order valence-corrected chi connectivity index (χ2v) is 3.53. The minimum absolute atomic E-state index is 0.0841. The number of nitrogen functional groups attached to an aromatic ring is 1. The summed E-state index contributed by atoms with van der Waals surface area (Å²) in [6.07, 6.45) is 1.57. The maximum Gasteiger partial charge on any atom is 0.264 e. The van der Waals surface area contributed by atoms with Gasteiger partial charge in [0.1, 0.15) is 5.82 Å². The molecule has 0 saturated carbocycles. The number of anilines is 1. The van der Waals surface area contributed by atoms with Crippen LogP contribution in [0.4, 0.5) is 5.82 Å². The highest BCUT2D eigenvalue weighted by atomic mass is 16.2. The molecule has 0 spiro atoms. The van der Waals surface area contributed by atoms with Crippen LogP contribution in [0.2, 0.25) is 0 Å². The van der Waals surface area contributed by atoms with Crippen molar-refractivity contribution in [2.24, 2.45) is 5.92 Å². The molecule has 3 N–H and O–H groups in total. The van der Waals surface area contributed by atoms with E-state index in [-0.39, 0.29) is 17.9 Å². The van der Waals surface area contributed by atoms with E-state index in [1.165, 1.54) is 4.68 Å². The standard InChI is InChI=1S/C9H16N4O/c1-6(2)8(11-3)9(14)13-5-4-7(10)12-13/h4-6,8,11H,1-3H3,(H2,10,12). The lowest BCUT2D eigenvalue weighted by molar-refractivity contribution is 0.0821. The topological polar surface area (TPSA) is 72.9 Å². The number of aromatic nitrogens is 2. The number of hydrogen-bond donors (Lipinski definition) is 2. The van der Waals surface area contributed by atoms with Crippen LogP contribution in [0.3, 0.4) is 0 Å². The highest BCUT2D eigenvalue weighted by molar-refractivity contribution is 5.83. The van der Waals surface area contributed by atoms with Crippen LogP contribution in [0.1, 0.15) is 18.6 Å². The first-order valence-corrected chi connectivity index (χ1v) is 4.59. The van der Waals surface area contributed by atoms with Crippen LogP contribution >= 0.6 is 0 Å². The number of rotatable bonds is 3. The zero-order valence-corrected chi connectivity index (χ0v) is 8.69. The molecule has 0 fully saturated rings. The summed E-state index contributed by atoms with van der Waals surface area (Å²) in [6.45, 7) is 3.96. The summed E-state index contributed by atoms with van der Waals surface area (Å²) < 4.78 is 1.27. The lowest BCUT2D eigenvalue weighted by Gasteiger charge is -2.17. The van der Waals surface area contributed by atoms with E-state index < -0.39 is 0 Å². The molecule has 1 atom stereocenters. The summed E-state index contributed by atoms with van der Waals surface area (Å²) in [6, 6.07) is 1.37. The fraction of sp³-hybridized carbons (Fsp3) is 0.556. The monoisotopic (exact) mass is 196 g/mol. The molecule has 0 aliphatic heterocycles. The van der Waals surface area contributed by atoms with Gasteiger partial charge in [-0.05, 0) is 13.0 Å². The number of carbonyl (C=O) groups excluding carboxylic acids is 1. The van der Waals surface area contributed by atoms with Crippen LogP contribution in [0.5, 0.6) is 0 Å². The summed E-state index contributed by atoms with van der Waals surface area (Å²) in [5.74, 6) is 0.495. The van der Waals surface area contributed by atoms with Gasteiger partial charge in [-0.2, -0.15) is 0 Å². The summed E-state index contributed by atoms with van der Waals surface area (Å²) in [7, 11) is 1.76. The number of nitrogens with zero attached hydrogens (tertiary/aromatic N) is 2. The van der Waals surface area contributed by atoms with Crippen molar-refractivity contribution < 1.29 is 4.79 Å². The van der Waals surface area contributed by atoms with Gasteiger partial charge in [-0.1, -0.05) is 13.8 Å². The molecule has 1 rings (SSSR count). The Hall–Kier alpha value is -1.36. The van der Waals surface area contributed by atoms with Gasteiger partial charge in [0.2, 0.25) is 0 Å². The number of hydrogen-bond acceptors (Lipinski definition) is 4. The van der Waals surface area contributed by atoms with Crippen LogP contribution in [0.15, 0.2) is 12.3 Å². The molecule has 0 radical (unpaired) electrons. The Morgan fingerprint density at radius 3 is 2.64 bits per heavy atom. The van der Waals surface area contributed by atoms with Crippen LogP contribution < -0.4 is 11.1 Å². The Balaban J connectivity index is 2.83. The molecule has 1 heterocycles. The summed E-state index contributed by atoms with van der Waals surface area (Å²) in [5, 5.41) is 6.82. The van der Waals surface area contributed by atoms with E-state index in [0.29, 0.717) is 5.82 Å². The third-order valence-electron chi connectivity index (χ3n) is 2.08. The maximum absolute atomic E-state index is 11.8. The van der Waals surface area contributed by atoms with E-state index in [2.05, 4.69) is 10.4 Å². The second-order valence-electron chi connectivity index (χ2n) is 3.53. The summed E-state index contributed by atoms with van der Waals surface area (Å²) >= 11 is 0. The fourth-order valence-corrected chi connectivity index (χ4v) is 1.35. The van der Waals surface area contributed by atoms with Gasteiger partial charge >= 0.3 is 0 Å². The number of nitrogens with one attached hydrogen (secondary N) is 1. The molecule has 0 bridgehead atoms. The zero-order valence-electron chi connectivity index (χ0n) is 8.69. The van der Waals surface area contributed by atoms with Crippen molar-refractivity contribution in [1.82, 2.24) is 15.1 Å². The minimum Gasteiger partial charge on any atom is -0.382 e. The molecule has 0 aliphatic rings. The van der Waals surface area contributed by atoms with Crippen molar-refractivity contribution in [3.8, 4) is 0 Å². The van der Waals surface area contributed by atoms with Crippen molar-refractivity contribution >= 4 is 11.7 Å². The Bertz CT molecular complexity index is 318. The molecule has 5 nitrogen and oxygen atoms in total. The van der Waals surface area contributed by atoms with Gasteiger partial charge < -0.3 is 11.1 Å². The molecule has 0 saturated heterocycles. The predicted molar refractivity (Wildman–Crippen MR) is 55.0 cm³/mol. The molecule has 1 unspecified atom stereocenters. The minimum atomic E-state index is -0.228. The largest absolute Gasteiger partial charge is 0.382 e. The van der Waals surface area contributed by atoms with Gasteiger partial charge in [0.05, 0.1) is 6.04 Å². The Morgan fingerprint density at radius 1 is 1.64 bits per heavy atom. The molecule has 0 aromatic carbocycles. The molecule has 78 valence electrons. The molecular formula is C9H16N4O. The van der Waals surface area contributed by atoms with Crippen LogP contribution in [0.25, 0.3) is 0 Å². The number of nitrogens with two attached hydrogens (primary N) is 1. The van der Waals surface area contributed by atoms with E-state index in [4.69, 9.17) is 5.73 Å². The van der Waals surface area contributed by atoms with Gasteiger partial charge in [-0.25, -0.2) is 4.68 Å². The van der Waals surface area contributed by atoms with Gasteiger partial charge in [0.25, 0.3) is 5.91 Å².